The van der Waals surface area contributed by atoms with Crippen molar-refractivity contribution < 1.29 is 9.90 Å². The van der Waals surface area contributed by atoms with Gasteiger partial charge in [-0.05, 0) is 0 Å². The minimum atomic E-state index is -0.729. The molecular weight excluding hydrogens is 172 g/mol. The molecule has 0 heterocycles. The standard InChI is InChI=1S/C5H7BrO2/c1-4(6)5(8)2-3-7/h3,5,8H,1-2H2. The van der Waals surface area contributed by atoms with E-state index in [2.05, 4.69) is 22.5 Å². The van der Waals surface area contributed by atoms with Crippen LogP contribution in [0.4, 0.5) is 0 Å². The minimum Gasteiger partial charge on any atom is -0.387 e. The fourth-order valence-corrected chi connectivity index (χ4v) is 0.406. The molecule has 0 rings (SSSR count). The number of rotatable bonds is 3. The smallest absolute Gasteiger partial charge is 0.122 e. The molecule has 8 heavy (non-hydrogen) atoms. The van der Waals surface area contributed by atoms with E-state index in [0.717, 1.165) is 0 Å². The summed E-state index contributed by atoms with van der Waals surface area (Å²) in [4.78, 5) is 9.70. The first-order valence-corrected chi connectivity index (χ1v) is 2.93. The van der Waals surface area contributed by atoms with Crippen LogP contribution < -0.4 is 0 Å². The van der Waals surface area contributed by atoms with Crippen LogP contribution in [0.1, 0.15) is 6.42 Å². The van der Waals surface area contributed by atoms with Gasteiger partial charge in [0.05, 0.1) is 6.10 Å². The van der Waals surface area contributed by atoms with Crippen molar-refractivity contribution in [3.63, 3.8) is 0 Å². The largest absolute Gasteiger partial charge is 0.387 e. The second-order valence-electron chi connectivity index (χ2n) is 1.37. The lowest BCUT2D eigenvalue weighted by molar-refractivity contribution is -0.109. The van der Waals surface area contributed by atoms with E-state index in [1.54, 1.807) is 0 Å². The quantitative estimate of drug-likeness (QED) is 0.652. The number of halogens is 1. The van der Waals surface area contributed by atoms with Crippen LogP contribution in [0.3, 0.4) is 0 Å². The van der Waals surface area contributed by atoms with Gasteiger partial charge in [0, 0.05) is 10.9 Å². The molecule has 1 atom stereocenters. The third kappa shape index (κ3) is 2.93. The number of hydrogen-bond donors (Lipinski definition) is 1. The molecule has 0 aromatic rings. The number of carbonyl (C=O) groups is 1. The van der Waals surface area contributed by atoms with Gasteiger partial charge in [0.15, 0.2) is 0 Å². The molecule has 0 radical (unpaired) electrons. The predicted octanol–water partition coefficient (Wildman–Crippen LogP) is 0.845. The number of aliphatic hydroxyl groups excluding tert-OH is 1. The molecule has 0 spiro atoms. The van der Waals surface area contributed by atoms with Crippen LogP contribution in [0, 0.1) is 0 Å². The second-order valence-corrected chi connectivity index (χ2v) is 2.38. The molecule has 46 valence electrons. The summed E-state index contributed by atoms with van der Waals surface area (Å²) < 4.78 is 0.449. The summed E-state index contributed by atoms with van der Waals surface area (Å²) >= 11 is 2.94. The Morgan fingerprint density at radius 2 is 2.50 bits per heavy atom. The molecule has 3 heteroatoms. The highest BCUT2D eigenvalue weighted by Crippen LogP contribution is 2.08. The summed E-state index contributed by atoms with van der Waals surface area (Å²) in [6.45, 7) is 3.38. The van der Waals surface area contributed by atoms with Crippen molar-refractivity contribution >= 4 is 22.2 Å². The van der Waals surface area contributed by atoms with E-state index in [-0.39, 0.29) is 6.42 Å². The molecular formula is C5H7BrO2. The molecule has 0 aliphatic carbocycles. The molecule has 0 aliphatic heterocycles. The van der Waals surface area contributed by atoms with Crippen LogP contribution >= 0.6 is 15.9 Å². The Morgan fingerprint density at radius 3 is 2.62 bits per heavy atom. The highest BCUT2D eigenvalue weighted by molar-refractivity contribution is 9.11. The third-order valence-electron chi connectivity index (χ3n) is 0.681. The van der Waals surface area contributed by atoms with E-state index in [9.17, 15) is 4.79 Å². The molecule has 0 fully saturated rings. The Balaban J connectivity index is 3.46. The first-order valence-electron chi connectivity index (χ1n) is 2.14. The zero-order valence-corrected chi connectivity index (χ0v) is 5.89. The number of carbonyl (C=O) groups excluding carboxylic acids is 1. The molecule has 0 aliphatic rings. The molecule has 0 aromatic heterocycles. The topological polar surface area (TPSA) is 37.3 Å². The summed E-state index contributed by atoms with van der Waals surface area (Å²) in [5, 5.41) is 8.75. The van der Waals surface area contributed by atoms with Gasteiger partial charge in [0.25, 0.3) is 0 Å². The van der Waals surface area contributed by atoms with Crippen molar-refractivity contribution in [3.05, 3.63) is 11.1 Å². The van der Waals surface area contributed by atoms with Crippen LogP contribution in [0.2, 0.25) is 0 Å². The average molecular weight is 179 g/mol. The van der Waals surface area contributed by atoms with Crippen LogP contribution in [0.5, 0.6) is 0 Å². The Hall–Kier alpha value is -0.150. The molecule has 1 unspecified atom stereocenters. The van der Waals surface area contributed by atoms with Crippen molar-refractivity contribution in [1.29, 1.82) is 0 Å². The van der Waals surface area contributed by atoms with Gasteiger partial charge in [-0.15, -0.1) is 0 Å². The predicted molar refractivity (Wildman–Crippen MR) is 34.8 cm³/mol. The van der Waals surface area contributed by atoms with Gasteiger partial charge >= 0.3 is 0 Å². The molecule has 0 saturated carbocycles. The minimum absolute atomic E-state index is 0.115. The highest BCUT2D eigenvalue weighted by Gasteiger charge is 2.02. The second kappa shape index (κ2) is 3.80. The van der Waals surface area contributed by atoms with Crippen molar-refractivity contribution in [1.82, 2.24) is 0 Å². The third-order valence-corrected chi connectivity index (χ3v) is 1.21. The number of hydrogen-bond acceptors (Lipinski definition) is 2. The van der Waals surface area contributed by atoms with Gasteiger partial charge in [-0.2, -0.15) is 0 Å². The van der Waals surface area contributed by atoms with Crippen molar-refractivity contribution in [2.75, 3.05) is 0 Å². The summed E-state index contributed by atoms with van der Waals surface area (Å²) in [6.07, 6.45) is 0.0359. The molecule has 2 nitrogen and oxygen atoms in total. The van der Waals surface area contributed by atoms with Gasteiger partial charge in [-0.3, -0.25) is 0 Å². The van der Waals surface area contributed by atoms with E-state index in [4.69, 9.17) is 5.11 Å². The SMILES string of the molecule is C=C(Br)C(O)CC=O. The summed E-state index contributed by atoms with van der Waals surface area (Å²) in [7, 11) is 0. The Labute approximate surface area is 56.3 Å². The van der Waals surface area contributed by atoms with Crippen molar-refractivity contribution in [2.24, 2.45) is 0 Å². The van der Waals surface area contributed by atoms with E-state index in [1.807, 2.05) is 0 Å². The van der Waals surface area contributed by atoms with Crippen molar-refractivity contribution in [2.45, 2.75) is 12.5 Å². The van der Waals surface area contributed by atoms with E-state index in [1.165, 1.54) is 0 Å². The van der Waals surface area contributed by atoms with Gasteiger partial charge in [0.2, 0.25) is 0 Å². The molecule has 0 aromatic carbocycles. The van der Waals surface area contributed by atoms with Gasteiger partial charge in [-0.1, -0.05) is 22.5 Å². The molecule has 0 amide bonds. The van der Waals surface area contributed by atoms with E-state index in [0.29, 0.717) is 10.8 Å². The van der Waals surface area contributed by atoms with Crippen LogP contribution in [-0.2, 0) is 4.79 Å². The molecule has 1 N–H and O–H groups in total. The lowest BCUT2D eigenvalue weighted by Gasteiger charge is -2.00. The number of aldehydes is 1. The normalized spacial score (nSPS) is 12.8. The summed E-state index contributed by atoms with van der Waals surface area (Å²) in [5.74, 6) is 0. The summed E-state index contributed by atoms with van der Waals surface area (Å²) in [5.41, 5.74) is 0. The van der Waals surface area contributed by atoms with Gasteiger partial charge in [0.1, 0.15) is 6.29 Å². The zero-order valence-electron chi connectivity index (χ0n) is 4.30. The fourth-order valence-electron chi connectivity index (χ4n) is 0.219. The Kier molecular flexibility index (Phi) is 3.73. The highest BCUT2D eigenvalue weighted by atomic mass is 79.9. The average Bonchev–Trinajstić information content (AvgIpc) is 1.67. The van der Waals surface area contributed by atoms with E-state index < -0.39 is 6.10 Å². The first kappa shape index (κ1) is 7.85. The van der Waals surface area contributed by atoms with Gasteiger partial charge in [-0.25, -0.2) is 0 Å². The van der Waals surface area contributed by atoms with E-state index >= 15 is 0 Å². The first-order chi connectivity index (χ1) is 3.68. The fraction of sp³-hybridized carbons (Fsp3) is 0.400. The van der Waals surface area contributed by atoms with Crippen LogP contribution in [-0.4, -0.2) is 17.5 Å². The Morgan fingerprint density at radius 1 is 2.00 bits per heavy atom. The summed E-state index contributed by atoms with van der Waals surface area (Å²) in [6, 6.07) is 0. The maximum absolute atomic E-state index is 9.70. The molecule has 0 saturated heterocycles. The lowest BCUT2D eigenvalue weighted by Crippen LogP contribution is -2.04. The zero-order chi connectivity index (χ0) is 6.57. The Bertz CT molecular complexity index is 101. The number of aliphatic hydroxyl groups is 1. The maximum Gasteiger partial charge on any atom is 0.122 e. The lowest BCUT2D eigenvalue weighted by atomic mass is 10.3. The van der Waals surface area contributed by atoms with Crippen LogP contribution in [0.15, 0.2) is 11.1 Å². The van der Waals surface area contributed by atoms with Crippen molar-refractivity contribution in [3.8, 4) is 0 Å². The maximum atomic E-state index is 9.70. The molecule has 0 bridgehead atoms. The van der Waals surface area contributed by atoms with Crippen LogP contribution in [0.25, 0.3) is 0 Å². The monoisotopic (exact) mass is 178 g/mol. The van der Waals surface area contributed by atoms with Gasteiger partial charge < -0.3 is 9.90 Å².